The molecule has 1 aliphatic carbocycles. The second kappa shape index (κ2) is 3.30. The van der Waals surface area contributed by atoms with Crippen LogP contribution in [0.15, 0.2) is 9.98 Å². The van der Waals surface area contributed by atoms with E-state index in [4.69, 9.17) is 9.84 Å². The average molecular weight is 200 g/mol. The Morgan fingerprint density at radius 1 is 1.43 bits per heavy atom. The van der Waals surface area contributed by atoms with Gasteiger partial charge in [0.05, 0.1) is 18.6 Å². The van der Waals surface area contributed by atoms with Crippen molar-refractivity contribution >= 4 is 12.7 Å². The van der Waals surface area contributed by atoms with Crippen molar-refractivity contribution in [3.8, 4) is 0 Å². The van der Waals surface area contributed by atoms with Crippen molar-refractivity contribution in [1.29, 1.82) is 0 Å². The van der Waals surface area contributed by atoms with Crippen LogP contribution in [0.1, 0.15) is 0 Å². The molecule has 0 aromatic rings. The van der Waals surface area contributed by atoms with E-state index in [9.17, 15) is 10.2 Å². The zero-order valence-electron chi connectivity index (χ0n) is 7.45. The predicted molar refractivity (Wildman–Crippen MR) is 48.2 cm³/mol. The minimum Gasteiger partial charge on any atom is -0.458 e. The first kappa shape index (κ1) is 9.57. The van der Waals surface area contributed by atoms with Crippen molar-refractivity contribution < 1.29 is 20.1 Å². The van der Waals surface area contributed by atoms with Crippen LogP contribution in [-0.2, 0) is 4.74 Å². The molecule has 6 nitrogen and oxygen atoms in total. The molecule has 0 bridgehead atoms. The molecule has 0 radical (unpaired) electrons. The van der Waals surface area contributed by atoms with E-state index in [2.05, 4.69) is 16.7 Å². The quantitative estimate of drug-likeness (QED) is 0.433. The first-order chi connectivity index (χ1) is 6.69. The second-order valence-corrected chi connectivity index (χ2v) is 3.47. The SMILES string of the molecule is C=NC1=N[C@@H]2[C@@H](O)[C@H](O)[C@@H](CO)[C@@H]2O1. The van der Waals surface area contributed by atoms with Crippen LogP contribution in [-0.4, -0.2) is 59.0 Å². The van der Waals surface area contributed by atoms with Crippen LogP contribution in [0.4, 0.5) is 0 Å². The largest absolute Gasteiger partial charge is 0.458 e. The Balaban J connectivity index is 2.22. The van der Waals surface area contributed by atoms with Gasteiger partial charge < -0.3 is 20.1 Å². The Bertz CT molecular complexity index is 281. The Morgan fingerprint density at radius 3 is 2.71 bits per heavy atom. The third kappa shape index (κ3) is 1.15. The highest BCUT2D eigenvalue weighted by atomic mass is 16.5. The summed E-state index contributed by atoms with van der Waals surface area (Å²) in [5.74, 6) is -0.516. The number of fused-ring (bicyclic) bond motifs is 1. The van der Waals surface area contributed by atoms with E-state index in [1.54, 1.807) is 0 Å². The molecule has 1 saturated carbocycles. The van der Waals surface area contributed by atoms with Gasteiger partial charge in [0.2, 0.25) is 0 Å². The Hall–Kier alpha value is -0.980. The van der Waals surface area contributed by atoms with Crippen LogP contribution in [0.2, 0.25) is 0 Å². The smallest absolute Gasteiger partial charge is 0.311 e. The van der Waals surface area contributed by atoms with E-state index in [1.165, 1.54) is 0 Å². The standard InChI is InChI=1S/C8H12N2O4/c1-9-8-10-4-6(13)5(12)3(2-11)7(4)14-8/h3-7,11-13H,1-2H2/t3-,4-,5-,6-,7+/m1/s1. The maximum Gasteiger partial charge on any atom is 0.311 e. The van der Waals surface area contributed by atoms with Crippen molar-refractivity contribution in [3.05, 3.63) is 0 Å². The third-order valence-electron chi connectivity index (χ3n) is 2.74. The van der Waals surface area contributed by atoms with E-state index in [-0.39, 0.29) is 12.6 Å². The molecule has 1 aliphatic heterocycles. The minimum atomic E-state index is -1.00. The van der Waals surface area contributed by atoms with Crippen molar-refractivity contribution in [2.24, 2.45) is 15.9 Å². The van der Waals surface area contributed by atoms with E-state index in [0.29, 0.717) is 0 Å². The van der Waals surface area contributed by atoms with Gasteiger partial charge in [0.25, 0.3) is 0 Å². The molecule has 6 heteroatoms. The molecule has 2 rings (SSSR count). The number of aliphatic imine (C=N–C) groups is 2. The van der Waals surface area contributed by atoms with Crippen molar-refractivity contribution in [1.82, 2.24) is 0 Å². The highest BCUT2D eigenvalue weighted by Crippen LogP contribution is 2.35. The highest BCUT2D eigenvalue weighted by molar-refractivity contribution is 5.80. The fourth-order valence-electron chi connectivity index (χ4n) is 1.97. The van der Waals surface area contributed by atoms with Gasteiger partial charge in [-0.3, -0.25) is 0 Å². The molecule has 2 aliphatic rings. The molecule has 0 aromatic carbocycles. The summed E-state index contributed by atoms with van der Waals surface area (Å²) in [6, 6.07) is -0.424. The van der Waals surface area contributed by atoms with Crippen LogP contribution in [0.3, 0.4) is 0 Å². The lowest BCUT2D eigenvalue weighted by Crippen LogP contribution is -2.31. The van der Waals surface area contributed by atoms with Crippen LogP contribution in [0.5, 0.6) is 0 Å². The molecule has 0 amide bonds. The van der Waals surface area contributed by atoms with Crippen molar-refractivity contribution in [3.63, 3.8) is 0 Å². The molecule has 0 saturated heterocycles. The number of hydrogen-bond acceptors (Lipinski definition) is 6. The van der Waals surface area contributed by atoms with Gasteiger partial charge in [-0.15, -0.1) is 0 Å². The molecule has 14 heavy (non-hydrogen) atoms. The number of aliphatic hydroxyl groups excluding tert-OH is 3. The summed E-state index contributed by atoms with van der Waals surface area (Å²) in [6.45, 7) is 3.00. The summed E-state index contributed by atoms with van der Waals surface area (Å²) >= 11 is 0. The molecule has 1 fully saturated rings. The highest BCUT2D eigenvalue weighted by Gasteiger charge is 2.54. The number of rotatable bonds is 1. The van der Waals surface area contributed by atoms with E-state index in [1.807, 2.05) is 0 Å². The monoisotopic (exact) mass is 200 g/mol. The fourth-order valence-corrected chi connectivity index (χ4v) is 1.97. The third-order valence-corrected chi connectivity index (χ3v) is 2.74. The molecule has 0 aromatic heterocycles. The Kier molecular flexibility index (Phi) is 2.26. The minimum absolute atomic E-state index is 0.115. The number of amidine groups is 1. The molecular formula is C8H12N2O4. The van der Waals surface area contributed by atoms with Crippen LogP contribution >= 0.6 is 0 Å². The van der Waals surface area contributed by atoms with Crippen molar-refractivity contribution in [2.45, 2.75) is 24.4 Å². The van der Waals surface area contributed by atoms with Gasteiger partial charge in [-0.2, -0.15) is 0 Å². The van der Waals surface area contributed by atoms with Gasteiger partial charge in [-0.1, -0.05) is 0 Å². The molecule has 78 valence electrons. The predicted octanol–water partition coefficient (Wildman–Crippen LogP) is -1.85. The average Bonchev–Trinajstić information content (AvgIpc) is 2.69. The summed E-state index contributed by atoms with van der Waals surface area (Å²) in [5.41, 5.74) is 0. The van der Waals surface area contributed by atoms with Gasteiger partial charge in [0.1, 0.15) is 18.2 Å². The summed E-state index contributed by atoms with van der Waals surface area (Å²) in [7, 11) is 0. The number of hydrogen-bond donors (Lipinski definition) is 3. The molecule has 5 atom stereocenters. The number of aliphatic hydroxyl groups is 3. The topological polar surface area (TPSA) is 94.6 Å². The summed E-state index contributed by atoms with van der Waals surface area (Å²) in [6.07, 6.45) is -2.49. The van der Waals surface area contributed by atoms with Gasteiger partial charge >= 0.3 is 6.02 Å². The lowest BCUT2D eigenvalue weighted by atomic mass is 10.1. The lowest BCUT2D eigenvalue weighted by molar-refractivity contribution is -0.00679. The van der Waals surface area contributed by atoms with E-state index < -0.39 is 30.3 Å². The maximum absolute atomic E-state index is 9.57. The van der Waals surface area contributed by atoms with Crippen LogP contribution in [0.25, 0.3) is 0 Å². The normalized spacial score (nSPS) is 45.6. The zero-order chi connectivity index (χ0) is 10.3. The lowest BCUT2D eigenvalue weighted by Gasteiger charge is -2.17. The Morgan fingerprint density at radius 2 is 2.14 bits per heavy atom. The maximum atomic E-state index is 9.57. The van der Waals surface area contributed by atoms with E-state index in [0.717, 1.165) is 0 Å². The first-order valence-corrected chi connectivity index (χ1v) is 4.37. The second-order valence-electron chi connectivity index (χ2n) is 3.47. The summed E-state index contributed by atoms with van der Waals surface area (Å²) in [4.78, 5) is 7.44. The summed E-state index contributed by atoms with van der Waals surface area (Å²) < 4.78 is 5.22. The van der Waals surface area contributed by atoms with Gasteiger partial charge in [0, 0.05) is 0 Å². The van der Waals surface area contributed by atoms with Crippen molar-refractivity contribution in [2.75, 3.05) is 6.61 Å². The molecule has 3 N–H and O–H groups in total. The number of nitrogens with zero attached hydrogens (tertiary/aromatic N) is 2. The Labute approximate surface area is 80.6 Å². The fraction of sp³-hybridized carbons (Fsp3) is 0.750. The number of ether oxygens (including phenoxy) is 1. The molecule has 0 unspecified atom stereocenters. The summed E-state index contributed by atoms with van der Waals surface area (Å²) in [5, 5.41) is 28.1. The van der Waals surface area contributed by atoms with Crippen LogP contribution < -0.4 is 0 Å². The van der Waals surface area contributed by atoms with E-state index >= 15 is 0 Å². The molecule has 1 heterocycles. The van der Waals surface area contributed by atoms with Crippen LogP contribution in [0, 0.1) is 5.92 Å². The van der Waals surface area contributed by atoms with Gasteiger partial charge in [-0.05, 0) is 6.72 Å². The molecule has 0 spiro atoms. The molecular weight excluding hydrogens is 188 g/mol. The zero-order valence-corrected chi connectivity index (χ0v) is 7.45. The van der Waals surface area contributed by atoms with Gasteiger partial charge in [-0.25, -0.2) is 9.98 Å². The first-order valence-electron chi connectivity index (χ1n) is 4.37. The van der Waals surface area contributed by atoms with Gasteiger partial charge in [0.15, 0.2) is 0 Å².